The van der Waals surface area contributed by atoms with Crippen LogP contribution in [0, 0.1) is 17.6 Å². The van der Waals surface area contributed by atoms with Crippen molar-refractivity contribution in [1.29, 1.82) is 0 Å². The van der Waals surface area contributed by atoms with Gasteiger partial charge < -0.3 is 25.6 Å². The van der Waals surface area contributed by atoms with Crippen LogP contribution in [-0.4, -0.2) is 34.2 Å². The van der Waals surface area contributed by atoms with Crippen molar-refractivity contribution in [3.63, 3.8) is 0 Å². The molecule has 33 heavy (non-hydrogen) atoms. The van der Waals surface area contributed by atoms with Gasteiger partial charge in [-0.2, -0.15) is 0 Å². The van der Waals surface area contributed by atoms with Crippen LogP contribution in [0.3, 0.4) is 0 Å². The van der Waals surface area contributed by atoms with Gasteiger partial charge in [-0.1, -0.05) is 37.2 Å². The molecule has 0 saturated carbocycles. The normalized spacial score (nSPS) is 11.7. The predicted octanol–water partition coefficient (Wildman–Crippen LogP) is 4.10. The number of halogens is 2. The number of hydrogen-bond acceptors (Lipinski definition) is 5. The van der Waals surface area contributed by atoms with Crippen LogP contribution in [0.5, 0.6) is 0 Å². The minimum atomic E-state index is -1.16. The standard InChI is InChI=1S/C22H20F2N4O5/c1-11(2)18(21(30)31)26-20(29)17-10-16(28-33-17)12-6-8-13(9-7-12)25-22(32)27-19-14(23)4-3-5-15(19)24/h3-11,18H,1-2H3,(H,26,29)(H,30,31)(H2,25,27,32)/t18-/m0/s1. The maximum absolute atomic E-state index is 13.6. The highest BCUT2D eigenvalue weighted by molar-refractivity contribution is 6.00. The van der Waals surface area contributed by atoms with E-state index in [-0.39, 0.29) is 11.7 Å². The summed E-state index contributed by atoms with van der Waals surface area (Å²) in [5, 5.41) is 19.9. The van der Waals surface area contributed by atoms with Crippen molar-refractivity contribution in [3.8, 4) is 11.3 Å². The third-order valence-corrected chi connectivity index (χ3v) is 4.59. The van der Waals surface area contributed by atoms with Gasteiger partial charge in [0.15, 0.2) is 0 Å². The van der Waals surface area contributed by atoms with E-state index in [2.05, 4.69) is 21.1 Å². The average molecular weight is 458 g/mol. The van der Waals surface area contributed by atoms with Gasteiger partial charge in [0.05, 0.1) is 0 Å². The molecule has 1 aromatic heterocycles. The van der Waals surface area contributed by atoms with Crippen molar-refractivity contribution in [2.24, 2.45) is 5.92 Å². The highest BCUT2D eigenvalue weighted by Gasteiger charge is 2.26. The Bertz CT molecular complexity index is 1160. The van der Waals surface area contributed by atoms with Gasteiger partial charge in [0.1, 0.15) is 29.1 Å². The van der Waals surface area contributed by atoms with E-state index in [9.17, 15) is 28.3 Å². The van der Waals surface area contributed by atoms with E-state index in [1.54, 1.807) is 26.0 Å². The number of carboxylic acid groups (broad SMARTS) is 1. The quantitative estimate of drug-likeness (QED) is 0.421. The largest absolute Gasteiger partial charge is 0.480 e. The number of benzene rings is 2. The van der Waals surface area contributed by atoms with E-state index < -0.39 is 41.3 Å². The Hall–Kier alpha value is -4.28. The molecule has 0 saturated heterocycles. The van der Waals surface area contributed by atoms with E-state index in [0.29, 0.717) is 16.9 Å². The number of amides is 3. The fourth-order valence-corrected chi connectivity index (χ4v) is 2.86. The van der Waals surface area contributed by atoms with Crippen molar-refractivity contribution >= 4 is 29.3 Å². The monoisotopic (exact) mass is 458 g/mol. The van der Waals surface area contributed by atoms with Crippen molar-refractivity contribution in [2.75, 3.05) is 10.6 Å². The van der Waals surface area contributed by atoms with Crippen molar-refractivity contribution in [1.82, 2.24) is 10.5 Å². The lowest BCUT2D eigenvalue weighted by molar-refractivity contribution is -0.140. The van der Waals surface area contributed by atoms with Gasteiger partial charge >= 0.3 is 12.0 Å². The lowest BCUT2D eigenvalue weighted by Crippen LogP contribution is -2.44. The number of carbonyl (C=O) groups is 3. The van der Waals surface area contributed by atoms with Crippen LogP contribution in [0.1, 0.15) is 24.4 Å². The summed E-state index contributed by atoms with van der Waals surface area (Å²) in [4.78, 5) is 35.5. The first-order chi connectivity index (χ1) is 15.7. The lowest BCUT2D eigenvalue weighted by atomic mass is 10.0. The van der Waals surface area contributed by atoms with Crippen LogP contribution in [0.15, 0.2) is 53.1 Å². The molecule has 3 amide bonds. The topological polar surface area (TPSA) is 134 Å². The molecule has 0 aliphatic carbocycles. The number of carboxylic acids is 1. The van der Waals surface area contributed by atoms with Gasteiger partial charge in [-0.25, -0.2) is 18.4 Å². The molecular weight excluding hydrogens is 438 g/mol. The molecule has 11 heteroatoms. The SMILES string of the molecule is CC(C)[C@H](NC(=O)c1cc(-c2ccc(NC(=O)Nc3c(F)cccc3F)cc2)no1)C(=O)O. The second-order valence-electron chi connectivity index (χ2n) is 7.36. The zero-order valence-electron chi connectivity index (χ0n) is 17.6. The molecule has 0 unspecified atom stereocenters. The molecular formula is C22H20F2N4O5. The molecule has 9 nitrogen and oxygen atoms in total. The summed E-state index contributed by atoms with van der Waals surface area (Å²) in [5.74, 6) is -4.19. The van der Waals surface area contributed by atoms with Gasteiger partial charge in [0.25, 0.3) is 5.91 Å². The number of carbonyl (C=O) groups excluding carboxylic acids is 2. The fraction of sp³-hybridized carbons (Fsp3) is 0.182. The van der Waals surface area contributed by atoms with Crippen LogP contribution in [0.4, 0.5) is 25.0 Å². The number of aliphatic carboxylic acids is 1. The molecule has 3 aromatic rings. The number of hydrogen-bond donors (Lipinski definition) is 4. The summed E-state index contributed by atoms with van der Waals surface area (Å²) in [5.41, 5.74) is 0.613. The third kappa shape index (κ3) is 5.70. The molecule has 0 spiro atoms. The minimum Gasteiger partial charge on any atom is -0.480 e. The minimum absolute atomic E-state index is 0.162. The first-order valence-electron chi connectivity index (χ1n) is 9.78. The first kappa shape index (κ1) is 23.4. The van der Waals surface area contributed by atoms with E-state index in [1.807, 2.05) is 0 Å². The predicted molar refractivity (Wildman–Crippen MR) is 115 cm³/mol. The van der Waals surface area contributed by atoms with Crippen LogP contribution < -0.4 is 16.0 Å². The molecule has 1 atom stereocenters. The van der Waals surface area contributed by atoms with E-state index in [1.165, 1.54) is 24.3 Å². The number of para-hydroxylation sites is 1. The highest BCUT2D eigenvalue weighted by Crippen LogP contribution is 2.22. The second kappa shape index (κ2) is 9.90. The Balaban J connectivity index is 1.65. The Morgan fingerprint density at radius 3 is 2.21 bits per heavy atom. The molecule has 0 aliphatic rings. The third-order valence-electron chi connectivity index (χ3n) is 4.59. The Morgan fingerprint density at radius 1 is 1.00 bits per heavy atom. The van der Waals surface area contributed by atoms with Crippen LogP contribution >= 0.6 is 0 Å². The van der Waals surface area contributed by atoms with Crippen LogP contribution in [0.25, 0.3) is 11.3 Å². The number of nitrogens with zero attached hydrogens (tertiary/aromatic N) is 1. The summed E-state index contributed by atoms with van der Waals surface area (Å²) in [7, 11) is 0. The maximum Gasteiger partial charge on any atom is 0.326 e. The van der Waals surface area contributed by atoms with E-state index in [0.717, 1.165) is 12.1 Å². The molecule has 0 aliphatic heterocycles. The van der Waals surface area contributed by atoms with Gasteiger partial charge in [-0.3, -0.25) is 4.79 Å². The molecule has 2 aromatic carbocycles. The van der Waals surface area contributed by atoms with Gasteiger partial charge in [-0.05, 0) is 30.2 Å². The van der Waals surface area contributed by atoms with Crippen molar-refractivity contribution in [2.45, 2.75) is 19.9 Å². The second-order valence-corrected chi connectivity index (χ2v) is 7.36. The Kier molecular flexibility index (Phi) is 7.01. The Morgan fingerprint density at radius 2 is 1.64 bits per heavy atom. The summed E-state index contributed by atoms with van der Waals surface area (Å²) in [6, 6.07) is 8.83. The number of anilines is 2. The van der Waals surface area contributed by atoms with Crippen LogP contribution in [-0.2, 0) is 4.79 Å². The van der Waals surface area contributed by atoms with Crippen molar-refractivity contribution in [3.05, 3.63) is 65.9 Å². The zero-order chi connectivity index (χ0) is 24.1. The molecule has 0 fully saturated rings. The summed E-state index contributed by atoms with van der Waals surface area (Å²) in [6.45, 7) is 3.32. The van der Waals surface area contributed by atoms with Gasteiger partial charge in [-0.15, -0.1) is 0 Å². The lowest BCUT2D eigenvalue weighted by Gasteiger charge is -2.16. The summed E-state index contributed by atoms with van der Waals surface area (Å²) >= 11 is 0. The fourth-order valence-electron chi connectivity index (χ4n) is 2.86. The number of urea groups is 1. The van der Waals surface area contributed by atoms with Gasteiger partial charge in [0, 0.05) is 17.3 Å². The molecule has 1 heterocycles. The molecule has 0 radical (unpaired) electrons. The summed E-state index contributed by atoms with van der Waals surface area (Å²) < 4.78 is 32.3. The van der Waals surface area contributed by atoms with Gasteiger partial charge in [0.2, 0.25) is 5.76 Å². The molecule has 4 N–H and O–H groups in total. The van der Waals surface area contributed by atoms with Crippen molar-refractivity contribution < 1.29 is 32.8 Å². The zero-order valence-corrected chi connectivity index (χ0v) is 17.6. The number of nitrogens with one attached hydrogen (secondary N) is 3. The summed E-state index contributed by atoms with van der Waals surface area (Å²) in [6.07, 6.45) is 0. The van der Waals surface area contributed by atoms with E-state index >= 15 is 0 Å². The molecule has 3 rings (SSSR count). The highest BCUT2D eigenvalue weighted by atomic mass is 19.1. The molecule has 0 bridgehead atoms. The van der Waals surface area contributed by atoms with Crippen LogP contribution in [0.2, 0.25) is 0 Å². The smallest absolute Gasteiger partial charge is 0.326 e. The maximum atomic E-state index is 13.6. The molecule has 172 valence electrons. The average Bonchev–Trinajstić information content (AvgIpc) is 3.25. The number of aromatic nitrogens is 1. The number of rotatable bonds is 7. The Labute approximate surface area is 186 Å². The van der Waals surface area contributed by atoms with E-state index in [4.69, 9.17) is 4.52 Å². The first-order valence-corrected chi connectivity index (χ1v) is 9.78.